The average Bonchev–Trinajstić information content (AvgIpc) is 1.67. The molecule has 0 aliphatic carbocycles. The van der Waals surface area contributed by atoms with Crippen LogP contribution in [0, 0.1) is 10.1 Å². The van der Waals surface area contributed by atoms with Gasteiger partial charge in [-0.15, -0.1) is 0 Å². The zero-order chi connectivity index (χ0) is 6.57. The van der Waals surface area contributed by atoms with Gasteiger partial charge in [-0.2, -0.15) is 0 Å². The van der Waals surface area contributed by atoms with Crippen LogP contribution in [0.3, 0.4) is 0 Å². The second-order valence-electron chi connectivity index (χ2n) is 1.08. The fourth-order valence-electron chi connectivity index (χ4n) is 0.219. The van der Waals surface area contributed by atoms with Crippen molar-refractivity contribution in [1.82, 2.24) is 0 Å². The Morgan fingerprint density at radius 3 is 2.62 bits per heavy atom. The molecule has 0 unspecified atom stereocenters. The first kappa shape index (κ1) is 6.94. The maximum atomic E-state index is 9.67. The highest BCUT2D eigenvalue weighted by Crippen LogP contribution is 1.90. The van der Waals surface area contributed by atoms with Gasteiger partial charge in [0.25, 0.3) is 0 Å². The molecule has 0 rings (SSSR count). The lowest BCUT2D eigenvalue weighted by atomic mass is 10.8. The fourth-order valence-corrected chi connectivity index (χ4v) is 0.219. The third-order valence-electron chi connectivity index (χ3n) is 0.515. The van der Waals surface area contributed by atoms with Crippen molar-refractivity contribution in [3.8, 4) is 0 Å². The summed E-state index contributed by atoms with van der Waals surface area (Å²) in [6.45, 7) is 4.98. The molecule has 0 aromatic carbocycles. The van der Waals surface area contributed by atoms with E-state index in [1.54, 1.807) is 6.92 Å². The summed E-state index contributed by atoms with van der Waals surface area (Å²) in [5.41, 5.74) is 0. The smallest absolute Gasteiger partial charge is 0.420 e. The second-order valence-corrected chi connectivity index (χ2v) is 1.08. The monoisotopic (exact) mass is 117 g/mol. The Hall–Kier alpha value is -1.06. The van der Waals surface area contributed by atoms with E-state index in [1.807, 2.05) is 0 Å². The van der Waals surface area contributed by atoms with Crippen LogP contribution >= 0.6 is 0 Å². The third kappa shape index (κ3) is 2.17. The van der Waals surface area contributed by atoms with Gasteiger partial charge in [0, 0.05) is 6.58 Å². The molecule has 0 bridgehead atoms. The molecule has 0 aliphatic heterocycles. The van der Waals surface area contributed by atoms with Gasteiger partial charge in [-0.3, -0.25) is 10.1 Å². The van der Waals surface area contributed by atoms with E-state index in [-0.39, 0.29) is 0 Å². The summed E-state index contributed by atoms with van der Waals surface area (Å²) in [5, 5.41) is 9.67. The largest absolute Gasteiger partial charge is 0.441 e. The van der Waals surface area contributed by atoms with E-state index in [2.05, 4.69) is 11.3 Å². The molecule has 0 amide bonds. The molecule has 0 N–H and O–H groups in total. The Bertz CT molecular complexity index is 110. The number of nitrogens with zero attached hydrogens (tertiary/aromatic N) is 1. The second kappa shape index (κ2) is 3.01. The summed E-state index contributed by atoms with van der Waals surface area (Å²) in [7, 11) is 0. The number of ether oxygens (including phenoxy) is 1. The molecule has 4 heteroatoms. The van der Waals surface area contributed by atoms with Gasteiger partial charge in [0.1, 0.15) is 4.92 Å². The summed E-state index contributed by atoms with van der Waals surface area (Å²) >= 11 is 0. The third-order valence-corrected chi connectivity index (χ3v) is 0.515. The maximum Gasteiger partial charge on any atom is 0.420 e. The van der Waals surface area contributed by atoms with Crippen molar-refractivity contribution >= 4 is 0 Å². The summed E-state index contributed by atoms with van der Waals surface area (Å²) < 4.78 is 4.41. The van der Waals surface area contributed by atoms with Gasteiger partial charge in [-0.25, -0.2) is 0 Å². The first-order valence-electron chi connectivity index (χ1n) is 2.14. The molecule has 0 saturated carbocycles. The lowest BCUT2D eigenvalue weighted by Crippen LogP contribution is -2.00. The molecular formula is C4H7NO3. The zero-order valence-corrected chi connectivity index (χ0v) is 4.59. The summed E-state index contributed by atoms with van der Waals surface area (Å²) in [5.74, 6) is -0.396. The van der Waals surface area contributed by atoms with Gasteiger partial charge in [0.15, 0.2) is 0 Å². The van der Waals surface area contributed by atoms with Gasteiger partial charge in [-0.05, 0) is 6.92 Å². The summed E-state index contributed by atoms with van der Waals surface area (Å²) in [4.78, 5) is 9.01. The molecule has 4 nitrogen and oxygen atoms in total. The molecule has 0 atom stereocenters. The Kier molecular flexibility index (Phi) is 2.61. The minimum atomic E-state index is -0.663. The van der Waals surface area contributed by atoms with Gasteiger partial charge in [-0.1, -0.05) is 0 Å². The molecular weight excluding hydrogens is 110 g/mol. The van der Waals surface area contributed by atoms with E-state index in [0.717, 1.165) is 0 Å². The molecule has 0 aromatic heterocycles. The van der Waals surface area contributed by atoms with Crippen LogP contribution in [0.15, 0.2) is 12.5 Å². The number of nitro groups is 1. The van der Waals surface area contributed by atoms with E-state index < -0.39 is 10.8 Å². The molecule has 0 heterocycles. The van der Waals surface area contributed by atoms with E-state index in [4.69, 9.17) is 0 Å². The highest BCUT2D eigenvalue weighted by atomic mass is 16.7. The van der Waals surface area contributed by atoms with Crippen LogP contribution in [0.4, 0.5) is 0 Å². The standard InChI is InChI=1S/C4H7NO3/c1-3-8-4(2)5(6)7/h2-3H2,1H3. The molecule has 0 aliphatic rings. The molecule has 0 radical (unpaired) electrons. The Balaban J connectivity index is 3.49. The van der Waals surface area contributed by atoms with E-state index in [9.17, 15) is 10.1 Å². The van der Waals surface area contributed by atoms with Crippen LogP contribution in [-0.2, 0) is 4.74 Å². The molecule has 0 fully saturated rings. The molecule has 0 aromatic rings. The van der Waals surface area contributed by atoms with Crippen LogP contribution in [0.25, 0.3) is 0 Å². The van der Waals surface area contributed by atoms with Crippen LogP contribution in [0.5, 0.6) is 0 Å². The van der Waals surface area contributed by atoms with Gasteiger partial charge >= 0.3 is 5.88 Å². The minimum absolute atomic E-state index is 0.291. The van der Waals surface area contributed by atoms with Crippen LogP contribution in [0.2, 0.25) is 0 Å². The minimum Gasteiger partial charge on any atom is -0.441 e. The van der Waals surface area contributed by atoms with Gasteiger partial charge < -0.3 is 4.74 Å². The van der Waals surface area contributed by atoms with Crippen molar-refractivity contribution in [2.75, 3.05) is 6.61 Å². The van der Waals surface area contributed by atoms with Crippen molar-refractivity contribution in [3.05, 3.63) is 22.6 Å². The Morgan fingerprint density at radius 2 is 2.50 bits per heavy atom. The Morgan fingerprint density at radius 1 is 2.00 bits per heavy atom. The molecule has 0 saturated heterocycles. The molecule has 46 valence electrons. The first-order valence-corrected chi connectivity index (χ1v) is 2.14. The summed E-state index contributed by atoms with van der Waals surface area (Å²) in [6.07, 6.45) is 0. The van der Waals surface area contributed by atoms with E-state index >= 15 is 0 Å². The highest BCUT2D eigenvalue weighted by Gasteiger charge is 2.03. The van der Waals surface area contributed by atoms with Crippen molar-refractivity contribution in [2.45, 2.75) is 6.92 Å². The number of hydrogen-bond acceptors (Lipinski definition) is 3. The topological polar surface area (TPSA) is 52.4 Å². The average molecular weight is 117 g/mol. The number of rotatable bonds is 3. The predicted molar refractivity (Wildman–Crippen MR) is 27.8 cm³/mol. The Labute approximate surface area is 46.9 Å². The van der Waals surface area contributed by atoms with Gasteiger partial charge in [0.2, 0.25) is 0 Å². The maximum absolute atomic E-state index is 9.67. The van der Waals surface area contributed by atoms with E-state index in [0.29, 0.717) is 6.61 Å². The van der Waals surface area contributed by atoms with E-state index in [1.165, 1.54) is 0 Å². The van der Waals surface area contributed by atoms with Crippen molar-refractivity contribution in [1.29, 1.82) is 0 Å². The van der Waals surface area contributed by atoms with Crippen LogP contribution in [0.1, 0.15) is 6.92 Å². The van der Waals surface area contributed by atoms with Crippen molar-refractivity contribution in [2.24, 2.45) is 0 Å². The highest BCUT2D eigenvalue weighted by molar-refractivity contribution is 4.63. The zero-order valence-electron chi connectivity index (χ0n) is 4.59. The van der Waals surface area contributed by atoms with Crippen molar-refractivity contribution < 1.29 is 9.66 Å². The quantitative estimate of drug-likeness (QED) is 0.311. The lowest BCUT2D eigenvalue weighted by Gasteiger charge is -1.93. The molecule has 8 heavy (non-hydrogen) atoms. The SMILES string of the molecule is C=C(OCC)[N+](=O)[O-]. The lowest BCUT2D eigenvalue weighted by molar-refractivity contribution is -0.462. The van der Waals surface area contributed by atoms with Gasteiger partial charge in [0.05, 0.1) is 6.61 Å². The number of hydrogen-bond donors (Lipinski definition) is 0. The normalized spacial score (nSPS) is 8.12. The van der Waals surface area contributed by atoms with Crippen LogP contribution in [-0.4, -0.2) is 11.5 Å². The first-order chi connectivity index (χ1) is 3.68. The van der Waals surface area contributed by atoms with Crippen molar-refractivity contribution in [3.63, 3.8) is 0 Å². The summed E-state index contributed by atoms with van der Waals surface area (Å²) in [6, 6.07) is 0. The fraction of sp³-hybridized carbons (Fsp3) is 0.500. The van der Waals surface area contributed by atoms with Crippen LogP contribution < -0.4 is 0 Å². The molecule has 0 spiro atoms. The predicted octanol–water partition coefficient (Wildman–Crippen LogP) is 0.771.